The lowest BCUT2D eigenvalue weighted by Gasteiger charge is -2.05. The third kappa shape index (κ3) is 3.70. The number of amides is 1. The number of ether oxygens (including phenoxy) is 1. The van der Waals surface area contributed by atoms with Gasteiger partial charge in [0.1, 0.15) is 10.9 Å². The van der Waals surface area contributed by atoms with E-state index in [0.717, 1.165) is 12.8 Å². The minimum absolute atomic E-state index is 0.0458. The highest BCUT2D eigenvalue weighted by Crippen LogP contribution is 2.18. The van der Waals surface area contributed by atoms with Crippen LogP contribution in [-0.2, 0) is 4.79 Å². The van der Waals surface area contributed by atoms with E-state index in [1.54, 1.807) is 18.3 Å². The van der Waals surface area contributed by atoms with Crippen molar-refractivity contribution in [3.63, 3.8) is 0 Å². The van der Waals surface area contributed by atoms with E-state index in [2.05, 4.69) is 10.3 Å². The summed E-state index contributed by atoms with van der Waals surface area (Å²) in [5, 5.41) is 3.32. The third-order valence-electron chi connectivity index (χ3n) is 2.24. The number of hydrogen-bond acceptors (Lipinski definition) is 3. The predicted octanol–water partition coefficient (Wildman–Crippen LogP) is 1.78. The highest BCUT2D eigenvalue weighted by atomic mass is 35.5. The summed E-state index contributed by atoms with van der Waals surface area (Å²) in [6, 6.07) is 3.79. The second kappa shape index (κ2) is 5.16. The van der Waals surface area contributed by atoms with Crippen LogP contribution in [0.2, 0.25) is 5.15 Å². The Balaban J connectivity index is 1.66. The van der Waals surface area contributed by atoms with Gasteiger partial charge in [0.15, 0.2) is 0 Å². The predicted molar refractivity (Wildman–Crippen MR) is 60.5 cm³/mol. The van der Waals surface area contributed by atoms with E-state index in [4.69, 9.17) is 16.3 Å². The number of pyridine rings is 1. The summed E-state index contributed by atoms with van der Waals surface area (Å²) in [5.41, 5.74) is 0. The number of hydrogen-bond donors (Lipinski definition) is 1. The molecule has 2 rings (SSSR count). The van der Waals surface area contributed by atoms with E-state index >= 15 is 0 Å². The van der Waals surface area contributed by atoms with Crippen LogP contribution in [0.15, 0.2) is 18.3 Å². The normalized spacial score (nSPS) is 14.6. The summed E-state index contributed by atoms with van der Waals surface area (Å²) in [4.78, 5) is 15.2. The number of halogens is 1. The van der Waals surface area contributed by atoms with E-state index in [1.165, 1.54) is 0 Å². The van der Waals surface area contributed by atoms with Gasteiger partial charge in [-0.15, -0.1) is 0 Å². The number of nitrogens with one attached hydrogen (secondary N) is 1. The maximum atomic E-state index is 11.3. The number of aromatic nitrogens is 1. The first kappa shape index (κ1) is 11.2. The van der Waals surface area contributed by atoms with Crippen molar-refractivity contribution in [1.29, 1.82) is 0 Å². The Kier molecular flexibility index (Phi) is 3.62. The fraction of sp³-hybridized carbons (Fsp3) is 0.455. The van der Waals surface area contributed by atoms with Gasteiger partial charge >= 0.3 is 0 Å². The molecule has 0 aliphatic heterocycles. The van der Waals surface area contributed by atoms with Gasteiger partial charge in [-0.2, -0.15) is 0 Å². The van der Waals surface area contributed by atoms with Crippen LogP contribution in [0.25, 0.3) is 0 Å². The van der Waals surface area contributed by atoms with Crippen LogP contribution in [0.4, 0.5) is 0 Å². The Bertz CT molecular complexity index is 363. The summed E-state index contributed by atoms with van der Waals surface area (Å²) in [6.07, 6.45) is 4.13. The Hall–Kier alpha value is -1.29. The zero-order valence-electron chi connectivity index (χ0n) is 8.78. The van der Waals surface area contributed by atoms with Gasteiger partial charge < -0.3 is 10.1 Å². The Morgan fingerprint density at radius 2 is 2.38 bits per heavy atom. The van der Waals surface area contributed by atoms with Crippen molar-refractivity contribution in [2.24, 2.45) is 0 Å². The van der Waals surface area contributed by atoms with E-state index < -0.39 is 0 Å². The molecule has 1 aliphatic rings. The van der Waals surface area contributed by atoms with Crippen molar-refractivity contribution in [3.05, 3.63) is 23.5 Å². The molecule has 0 atom stereocenters. The summed E-state index contributed by atoms with van der Waals surface area (Å²) in [7, 11) is 0. The second-order valence-electron chi connectivity index (χ2n) is 3.76. The smallest absolute Gasteiger partial charge is 0.223 e. The van der Waals surface area contributed by atoms with Gasteiger partial charge in [0.05, 0.1) is 19.2 Å². The summed E-state index contributed by atoms with van der Waals surface area (Å²) in [5.74, 6) is 0.674. The average molecular weight is 241 g/mol. The lowest BCUT2D eigenvalue weighted by Crippen LogP contribution is -2.26. The standard InChI is InChI=1S/C11H13ClN2O2/c12-10-4-3-9(7-13-10)16-6-5-11(15)14-8-1-2-8/h3-4,7-8H,1-2,5-6H2,(H,14,15). The molecule has 0 bridgehead atoms. The van der Waals surface area contributed by atoms with Gasteiger partial charge in [0.25, 0.3) is 0 Å². The fourth-order valence-electron chi connectivity index (χ4n) is 1.24. The first-order valence-corrected chi connectivity index (χ1v) is 5.65. The second-order valence-corrected chi connectivity index (χ2v) is 4.14. The molecule has 1 aromatic heterocycles. The van der Waals surface area contributed by atoms with Crippen LogP contribution in [0.5, 0.6) is 5.75 Å². The zero-order chi connectivity index (χ0) is 11.4. The molecule has 0 aromatic carbocycles. The lowest BCUT2D eigenvalue weighted by molar-refractivity contribution is -0.121. The molecule has 1 aromatic rings. The largest absolute Gasteiger partial charge is 0.491 e. The van der Waals surface area contributed by atoms with Crippen molar-refractivity contribution in [2.45, 2.75) is 25.3 Å². The van der Waals surface area contributed by atoms with Crippen molar-refractivity contribution < 1.29 is 9.53 Å². The first-order chi connectivity index (χ1) is 7.74. The molecule has 16 heavy (non-hydrogen) atoms. The van der Waals surface area contributed by atoms with E-state index in [1.807, 2.05) is 0 Å². The zero-order valence-corrected chi connectivity index (χ0v) is 9.54. The van der Waals surface area contributed by atoms with Crippen molar-refractivity contribution in [2.75, 3.05) is 6.61 Å². The molecular formula is C11H13ClN2O2. The Labute approximate surface area is 99.0 Å². The maximum absolute atomic E-state index is 11.3. The number of carbonyl (C=O) groups excluding carboxylic acids is 1. The molecule has 1 aliphatic carbocycles. The number of rotatable bonds is 5. The molecule has 0 radical (unpaired) electrons. The molecule has 1 fully saturated rings. The van der Waals surface area contributed by atoms with Crippen molar-refractivity contribution >= 4 is 17.5 Å². The molecule has 1 amide bonds. The molecule has 1 saturated carbocycles. The molecule has 0 unspecified atom stereocenters. The Morgan fingerprint density at radius 1 is 1.56 bits per heavy atom. The van der Waals surface area contributed by atoms with Crippen molar-refractivity contribution in [1.82, 2.24) is 10.3 Å². The number of nitrogens with zero attached hydrogens (tertiary/aromatic N) is 1. The number of carbonyl (C=O) groups is 1. The van der Waals surface area contributed by atoms with E-state index in [0.29, 0.717) is 30.0 Å². The summed E-state index contributed by atoms with van der Waals surface area (Å²) in [6.45, 7) is 0.363. The van der Waals surface area contributed by atoms with Gasteiger partial charge in [-0.3, -0.25) is 4.79 Å². The third-order valence-corrected chi connectivity index (χ3v) is 2.46. The van der Waals surface area contributed by atoms with Crippen LogP contribution < -0.4 is 10.1 Å². The molecule has 5 heteroatoms. The SMILES string of the molecule is O=C(CCOc1ccc(Cl)nc1)NC1CC1. The molecule has 86 valence electrons. The van der Waals surface area contributed by atoms with Gasteiger partial charge in [0, 0.05) is 6.04 Å². The molecule has 1 N–H and O–H groups in total. The minimum atomic E-state index is 0.0458. The van der Waals surface area contributed by atoms with Crippen LogP contribution >= 0.6 is 11.6 Å². The highest BCUT2D eigenvalue weighted by Gasteiger charge is 2.22. The molecule has 4 nitrogen and oxygen atoms in total. The van der Waals surface area contributed by atoms with Crippen LogP contribution in [0.1, 0.15) is 19.3 Å². The van der Waals surface area contributed by atoms with E-state index in [-0.39, 0.29) is 5.91 Å². The van der Waals surface area contributed by atoms with E-state index in [9.17, 15) is 4.79 Å². The lowest BCUT2D eigenvalue weighted by atomic mass is 10.4. The van der Waals surface area contributed by atoms with Gasteiger partial charge in [-0.25, -0.2) is 4.98 Å². The first-order valence-electron chi connectivity index (χ1n) is 5.28. The maximum Gasteiger partial charge on any atom is 0.223 e. The Morgan fingerprint density at radius 3 is 3.00 bits per heavy atom. The fourth-order valence-corrected chi connectivity index (χ4v) is 1.35. The van der Waals surface area contributed by atoms with Crippen molar-refractivity contribution in [3.8, 4) is 5.75 Å². The highest BCUT2D eigenvalue weighted by molar-refractivity contribution is 6.29. The monoisotopic (exact) mass is 240 g/mol. The molecule has 0 saturated heterocycles. The van der Waals surface area contributed by atoms with Crippen LogP contribution in [-0.4, -0.2) is 23.5 Å². The van der Waals surface area contributed by atoms with Crippen LogP contribution in [0.3, 0.4) is 0 Å². The summed E-state index contributed by atoms with van der Waals surface area (Å²) >= 11 is 5.63. The van der Waals surface area contributed by atoms with Crippen LogP contribution in [0, 0.1) is 0 Å². The molecule has 1 heterocycles. The van der Waals surface area contributed by atoms with Gasteiger partial charge in [0.2, 0.25) is 5.91 Å². The minimum Gasteiger partial charge on any atom is -0.491 e. The van der Waals surface area contributed by atoms with Gasteiger partial charge in [-0.05, 0) is 25.0 Å². The van der Waals surface area contributed by atoms with Gasteiger partial charge in [-0.1, -0.05) is 11.6 Å². The molecule has 0 spiro atoms. The quantitative estimate of drug-likeness (QED) is 0.799. The molecular weight excluding hydrogens is 228 g/mol. The average Bonchev–Trinajstić information content (AvgIpc) is 3.05. The summed E-state index contributed by atoms with van der Waals surface area (Å²) < 4.78 is 5.35. The topological polar surface area (TPSA) is 51.2 Å².